The topological polar surface area (TPSA) is 26.7 Å². The van der Waals surface area contributed by atoms with Crippen molar-refractivity contribution in [2.24, 2.45) is 0 Å². The molecule has 1 heterocycles. The van der Waals surface area contributed by atoms with Crippen molar-refractivity contribution in [2.75, 3.05) is 33.7 Å². The molecule has 2 unspecified atom stereocenters. The van der Waals surface area contributed by atoms with Crippen LogP contribution in [-0.4, -0.2) is 60.8 Å². The first kappa shape index (κ1) is 12.0. The first-order valence-electron chi connectivity index (χ1n) is 5.66. The van der Waals surface area contributed by atoms with Gasteiger partial charge >= 0.3 is 0 Å². The molecule has 0 spiro atoms. The third kappa shape index (κ3) is 3.95. The monoisotopic (exact) mass is 200 g/mol. The van der Waals surface area contributed by atoms with E-state index in [0.29, 0.717) is 6.04 Å². The number of aliphatic hydroxyl groups is 1. The Kier molecular flexibility index (Phi) is 4.85. The first-order chi connectivity index (χ1) is 6.59. The maximum atomic E-state index is 9.22. The molecule has 1 aliphatic rings. The van der Waals surface area contributed by atoms with Crippen molar-refractivity contribution in [3.8, 4) is 0 Å². The van der Waals surface area contributed by atoms with Gasteiger partial charge in [0, 0.05) is 19.1 Å². The van der Waals surface area contributed by atoms with Crippen LogP contribution in [0.5, 0.6) is 0 Å². The van der Waals surface area contributed by atoms with E-state index in [-0.39, 0.29) is 6.10 Å². The molecule has 1 aliphatic heterocycles. The van der Waals surface area contributed by atoms with Crippen molar-refractivity contribution < 1.29 is 5.11 Å². The number of piperidine rings is 1. The van der Waals surface area contributed by atoms with Gasteiger partial charge in [-0.25, -0.2) is 0 Å². The molecule has 2 atom stereocenters. The van der Waals surface area contributed by atoms with Gasteiger partial charge < -0.3 is 14.9 Å². The van der Waals surface area contributed by atoms with Gasteiger partial charge in [-0.05, 0) is 46.8 Å². The van der Waals surface area contributed by atoms with Crippen molar-refractivity contribution >= 4 is 0 Å². The van der Waals surface area contributed by atoms with Crippen molar-refractivity contribution in [2.45, 2.75) is 38.3 Å². The molecule has 1 saturated heterocycles. The summed E-state index contributed by atoms with van der Waals surface area (Å²) in [6.45, 7) is 5.28. The highest BCUT2D eigenvalue weighted by Crippen LogP contribution is 2.13. The minimum absolute atomic E-state index is 0.158. The van der Waals surface area contributed by atoms with E-state index in [1.165, 1.54) is 25.9 Å². The van der Waals surface area contributed by atoms with Crippen molar-refractivity contribution in [1.82, 2.24) is 9.80 Å². The van der Waals surface area contributed by atoms with Gasteiger partial charge in [-0.2, -0.15) is 0 Å². The van der Waals surface area contributed by atoms with E-state index in [2.05, 4.69) is 23.9 Å². The lowest BCUT2D eigenvalue weighted by Crippen LogP contribution is -2.45. The zero-order chi connectivity index (χ0) is 10.6. The second-order valence-corrected chi connectivity index (χ2v) is 4.70. The van der Waals surface area contributed by atoms with Crippen LogP contribution in [0.25, 0.3) is 0 Å². The van der Waals surface area contributed by atoms with Crippen LogP contribution in [0.15, 0.2) is 0 Å². The molecule has 1 rings (SSSR count). The maximum absolute atomic E-state index is 9.22. The Labute approximate surface area is 87.7 Å². The minimum Gasteiger partial charge on any atom is -0.393 e. The van der Waals surface area contributed by atoms with Gasteiger partial charge in [0.25, 0.3) is 0 Å². The minimum atomic E-state index is -0.158. The highest BCUT2D eigenvalue weighted by molar-refractivity contribution is 4.77. The summed E-state index contributed by atoms with van der Waals surface area (Å²) in [7, 11) is 4.31. The molecular weight excluding hydrogens is 176 g/mol. The van der Waals surface area contributed by atoms with Crippen LogP contribution in [0.2, 0.25) is 0 Å². The fraction of sp³-hybridized carbons (Fsp3) is 1.00. The average molecular weight is 200 g/mol. The third-order valence-electron chi connectivity index (χ3n) is 3.07. The summed E-state index contributed by atoms with van der Waals surface area (Å²) >= 11 is 0. The number of rotatable bonds is 4. The Hall–Kier alpha value is -0.120. The quantitative estimate of drug-likeness (QED) is 0.726. The molecular formula is C11H24N2O. The number of hydrogen-bond donors (Lipinski definition) is 1. The summed E-state index contributed by atoms with van der Waals surface area (Å²) in [5.41, 5.74) is 0. The molecule has 84 valence electrons. The van der Waals surface area contributed by atoms with Gasteiger partial charge in [0.15, 0.2) is 0 Å². The van der Waals surface area contributed by atoms with Crippen LogP contribution >= 0.6 is 0 Å². The Balaban J connectivity index is 2.25. The second kappa shape index (κ2) is 5.69. The third-order valence-corrected chi connectivity index (χ3v) is 3.07. The van der Waals surface area contributed by atoms with E-state index in [1.54, 1.807) is 0 Å². The largest absolute Gasteiger partial charge is 0.393 e. The van der Waals surface area contributed by atoms with Crippen LogP contribution in [0, 0.1) is 0 Å². The standard InChI is InChI=1S/C11H24N2O/c1-10(14)6-8-13-7-4-5-11(9-13)12(2)3/h10-11,14H,4-9H2,1-3H3. The van der Waals surface area contributed by atoms with Gasteiger partial charge in [-0.1, -0.05) is 0 Å². The molecule has 0 bridgehead atoms. The SMILES string of the molecule is CC(O)CCN1CCCC(N(C)C)C1. The van der Waals surface area contributed by atoms with Crippen LogP contribution in [0.4, 0.5) is 0 Å². The molecule has 3 heteroatoms. The van der Waals surface area contributed by atoms with Crippen molar-refractivity contribution in [3.05, 3.63) is 0 Å². The first-order valence-corrected chi connectivity index (χ1v) is 5.66. The summed E-state index contributed by atoms with van der Waals surface area (Å²) in [4.78, 5) is 4.79. The molecule has 0 aliphatic carbocycles. The molecule has 1 fully saturated rings. The smallest absolute Gasteiger partial charge is 0.0524 e. The van der Waals surface area contributed by atoms with E-state index < -0.39 is 0 Å². The number of likely N-dealkylation sites (tertiary alicyclic amines) is 1. The van der Waals surface area contributed by atoms with Gasteiger partial charge in [-0.15, -0.1) is 0 Å². The van der Waals surface area contributed by atoms with E-state index in [9.17, 15) is 5.11 Å². The van der Waals surface area contributed by atoms with Crippen molar-refractivity contribution in [3.63, 3.8) is 0 Å². The van der Waals surface area contributed by atoms with E-state index in [4.69, 9.17) is 0 Å². The van der Waals surface area contributed by atoms with E-state index in [1.807, 2.05) is 6.92 Å². The Morgan fingerprint density at radius 2 is 2.21 bits per heavy atom. The predicted molar refractivity (Wildman–Crippen MR) is 59.4 cm³/mol. The normalized spacial score (nSPS) is 26.8. The van der Waals surface area contributed by atoms with Crippen LogP contribution in [0.3, 0.4) is 0 Å². The van der Waals surface area contributed by atoms with Crippen LogP contribution < -0.4 is 0 Å². The molecule has 0 radical (unpaired) electrons. The molecule has 1 N–H and O–H groups in total. The number of likely N-dealkylation sites (N-methyl/N-ethyl adjacent to an activating group) is 1. The van der Waals surface area contributed by atoms with Gasteiger partial charge in [0.1, 0.15) is 0 Å². The molecule has 14 heavy (non-hydrogen) atoms. The van der Waals surface area contributed by atoms with E-state index in [0.717, 1.165) is 13.0 Å². The molecule has 0 aromatic carbocycles. The lowest BCUT2D eigenvalue weighted by Gasteiger charge is -2.36. The predicted octanol–water partition coefficient (Wildman–Crippen LogP) is 0.783. The Bertz CT molecular complexity index is 159. The summed E-state index contributed by atoms with van der Waals surface area (Å²) in [6.07, 6.45) is 3.36. The summed E-state index contributed by atoms with van der Waals surface area (Å²) < 4.78 is 0. The number of hydrogen-bond acceptors (Lipinski definition) is 3. The van der Waals surface area contributed by atoms with Crippen LogP contribution in [-0.2, 0) is 0 Å². The molecule has 0 aromatic rings. The van der Waals surface area contributed by atoms with Crippen molar-refractivity contribution in [1.29, 1.82) is 0 Å². The van der Waals surface area contributed by atoms with Gasteiger partial charge in [0.2, 0.25) is 0 Å². The lowest BCUT2D eigenvalue weighted by molar-refractivity contribution is 0.108. The van der Waals surface area contributed by atoms with Crippen LogP contribution in [0.1, 0.15) is 26.2 Å². The Morgan fingerprint density at radius 3 is 2.79 bits per heavy atom. The highest BCUT2D eigenvalue weighted by atomic mass is 16.3. The molecule has 0 saturated carbocycles. The highest BCUT2D eigenvalue weighted by Gasteiger charge is 2.20. The Morgan fingerprint density at radius 1 is 1.50 bits per heavy atom. The summed E-state index contributed by atoms with van der Waals surface area (Å²) in [5, 5.41) is 9.22. The summed E-state index contributed by atoms with van der Waals surface area (Å²) in [5.74, 6) is 0. The van der Waals surface area contributed by atoms with E-state index >= 15 is 0 Å². The average Bonchev–Trinajstić information content (AvgIpc) is 2.15. The summed E-state index contributed by atoms with van der Waals surface area (Å²) in [6, 6.07) is 0.706. The molecule has 3 nitrogen and oxygen atoms in total. The number of aliphatic hydroxyl groups excluding tert-OH is 1. The second-order valence-electron chi connectivity index (χ2n) is 4.70. The fourth-order valence-electron chi connectivity index (χ4n) is 2.03. The zero-order valence-electron chi connectivity index (χ0n) is 9.74. The molecule has 0 aromatic heterocycles. The lowest BCUT2D eigenvalue weighted by atomic mass is 10.0. The van der Waals surface area contributed by atoms with Gasteiger partial charge in [-0.3, -0.25) is 0 Å². The zero-order valence-corrected chi connectivity index (χ0v) is 9.74. The fourth-order valence-corrected chi connectivity index (χ4v) is 2.03. The number of nitrogens with zero attached hydrogens (tertiary/aromatic N) is 2. The molecule has 0 amide bonds. The van der Waals surface area contributed by atoms with Gasteiger partial charge in [0.05, 0.1) is 6.10 Å². The maximum Gasteiger partial charge on any atom is 0.0524 e.